The molecule has 2 fully saturated rings. The average molecular weight is 301 g/mol. The highest BCUT2D eigenvalue weighted by molar-refractivity contribution is 5.81. The Kier molecular flexibility index (Phi) is 4.70. The number of rotatable bonds is 6. The highest BCUT2D eigenvalue weighted by atomic mass is 16.5. The van der Waals surface area contributed by atoms with Crippen LogP contribution in [0.1, 0.15) is 46.0 Å². The van der Waals surface area contributed by atoms with Crippen molar-refractivity contribution in [1.29, 1.82) is 0 Å². The van der Waals surface area contributed by atoms with E-state index in [1.54, 1.807) is 0 Å². The highest BCUT2D eigenvalue weighted by Crippen LogP contribution is 2.49. The number of amides is 1. The number of hydrogen-bond donors (Lipinski definition) is 1. The maximum Gasteiger partial charge on any atom is 0.261 e. The quantitative estimate of drug-likeness (QED) is 0.868. The SMILES string of the molecule is CC[C@@H](Oc1ccccc1)C(=O)N[C@H](C)[C@@H]1C[C@@H]2CC[C@@H]1C2. The molecule has 120 valence electrons. The predicted molar refractivity (Wildman–Crippen MR) is 87.7 cm³/mol. The van der Waals surface area contributed by atoms with Crippen molar-refractivity contribution in [3.63, 3.8) is 0 Å². The molecule has 0 spiro atoms. The van der Waals surface area contributed by atoms with Gasteiger partial charge in [0.05, 0.1) is 0 Å². The van der Waals surface area contributed by atoms with Crippen LogP contribution >= 0.6 is 0 Å². The molecule has 22 heavy (non-hydrogen) atoms. The second kappa shape index (κ2) is 6.72. The van der Waals surface area contributed by atoms with Crippen molar-refractivity contribution in [1.82, 2.24) is 5.32 Å². The first-order chi connectivity index (χ1) is 10.7. The average Bonchev–Trinajstić information content (AvgIpc) is 3.16. The van der Waals surface area contributed by atoms with E-state index >= 15 is 0 Å². The summed E-state index contributed by atoms with van der Waals surface area (Å²) < 4.78 is 5.84. The summed E-state index contributed by atoms with van der Waals surface area (Å²) in [6, 6.07) is 9.86. The number of benzene rings is 1. The minimum atomic E-state index is -0.400. The van der Waals surface area contributed by atoms with Gasteiger partial charge < -0.3 is 10.1 Å². The molecule has 0 aromatic heterocycles. The van der Waals surface area contributed by atoms with E-state index in [1.807, 2.05) is 37.3 Å². The Morgan fingerprint density at radius 1 is 1.27 bits per heavy atom. The smallest absolute Gasteiger partial charge is 0.261 e. The van der Waals surface area contributed by atoms with Crippen molar-refractivity contribution < 1.29 is 9.53 Å². The van der Waals surface area contributed by atoms with Gasteiger partial charge in [-0.05, 0) is 62.5 Å². The summed E-state index contributed by atoms with van der Waals surface area (Å²) in [5.41, 5.74) is 0. The molecular weight excluding hydrogens is 274 g/mol. The van der Waals surface area contributed by atoms with Crippen molar-refractivity contribution in [2.45, 2.75) is 58.1 Å². The molecule has 2 bridgehead atoms. The normalized spacial score (nSPS) is 29.1. The lowest BCUT2D eigenvalue weighted by Gasteiger charge is -2.29. The number of carbonyl (C=O) groups is 1. The first-order valence-electron chi connectivity index (χ1n) is 8.69. The van der Waals surface area contributed by atoms with Gasteiger partial charge in [-0.15, -0.1) is 0 Å². The number of carbonyl (C=O) groups excluding carboxylic acids is 1. The van der Waals surface area contributed by atoms with Crippen LogP contribution in [-0.4, -0.2) is 18.1 Å². The summed E-state index contributed by atoms with van der Waals surface area (Å²) in [7, 11) is 0. The Labute approximate surface area is 133 Å². The monoisotopic (exact) mass is 301 g/mol. The Hall–Kier alpha value is -1.51. The molecule has 5 atom stereocenters. The molecule has 1 amide bonds. The minimum absolute atomic E-state index is 0.0293. The van der Waals surface area contributed by atoms with E-state index in [0.717, 1.165) is 17.6 Å². The summed E-state index contributed by atoms with van der Waals surface area (Å²) in [6.45, 7) is 4.16. The molecule has 0 heterocycles. The lowest BCUT2D eigenvalue weighted by atomic mass is 9.84. The van der Waals surface area contributed by atoms with Gasteiger partial charge in [0.25, 0.3) is 5.91 Å². The zero-order chi connectivity index (χ0) is 15.5. The molecule has 1 N–H and O–H groups in total. The van der Waals surface area contributed by atoms with Crippen LogP contribution in [0.3, 0.4) is 0 Å². The van der Waals surface area contributed by atoms with Crippen molar-refractivity contribution in [3.8, 4) is 5.75 Å². The third-order valence-corrected chi connectivity index (χ3v) is 5.49. The van der Waals surface area contributed by atoms with Gasteiger partial charge in [0.1, 0.15) is 5.75 Å². The fourth-order valence-electron chi connectivity index (χ4n) is 4.32. The van der Waals surface area contributed by atoms with Crippen LogP contribution in [0.25, 0.3) is 0 Å². The molecule has 3 heteroatoms. The van der Waals surface area contributed by atoms with Gasteiger partial charge in [-0.3, -0.25) is 4.79 Å². The number of hydrogen-bond acceptors (Lipinski definition) is 2. The Bertz CT molecular complexity index is 501. The molecular formula is C19H27NO2. The topological polar surface area (TPSA) is 38.3 Å². The van der Waals surface area contributed by atoms with Gasteiger partial charge in [0.2, 0.25) is 0 Å². The summed E-state index contributed by atoms with van der Waals surface area (Å²) in [4.78, 5) is 12.5. The number of fused-ring (bicyclic) bond motifs is 2. The largest absolute Gasteiger partial charge is 0.481 e. The molecule has 2 saturated carbocycles. The van der Waals surface area contributed by atoms with Crippen molar-refractivity contribution in [3.05, 3.63) is 30.3 Å². The van der Waals surface area contributed by atoms with E-state index in [-0.39, 0.29) is 11.9 Å². The second-order valence-corrected chi connectivity index (χ2v) is 6.96. The lowest BCUT2D eigenvalue weighted by molar-refractivity contribution is -0.129. The van der Waals surface area contributed by atoms with Crippen molar-refractivity contribution in [2.24, 2.45) is 17.8 Å². The molecule has 2 aliphatic rings. The second-order valence-electron chi connectivity index (χ2n) is 6.96. The van der Waals surface area contributed by atoms with Crippen LogP contribution in [0.2, 0.25) is 0 Å². The minimum Gasteiger partial charge on any atom is -0.481 e. The summed E-state index contributed by atoms with van der Waals surface area (Å²) in [5.74, 6) is 3.20. The fourth-order valence-corrected chi connectivity index (χ4v) is 4.32. The van der Waals surface area contributed by atoms with E-state index < -0.39 is 6.10 Å². The van der Waals surface area contributed by atoms with Crippen LogP contribution < -0.4 is 10.1 Å². The number of nitrogens with one attached hydrogen (secondary N) is 1. The third kappa shape index (κ3) is 3.29. The molecule has 3 nitrogen and oxygen atoms in total. The van der Waals surface area contributed by atoms with Gasteiger partial charge in [0, 0.05) is 6.04 Å². The van der Waals surface area contributed by atoms with Gasteiger partial charge in [-0.1, -0.05) is 31.5 Å². The zero-order valence-corrected chi connectivity index (χ0v) is 13.6. The lowest BCUT2D eigenvalue weighted by Crippen LogP contribution is -2.46. The molecule has 3 rings (SSSR count). The third-order valence-electron chi connectivity index (χ3n) is 5.49. The van der Waals surface area contributed by atoms with Crippen LogP contribution in [0.15, 0.2) is 30.3 Å². The summed E-state index contributed by atoms with van der Waals surface area (Å²) >= 11 is 0. The molecule has 0 saturated heterocycles. The predicted octanol–water partition coefficient (Wildman–Crippen LogP) is 3.78. The van der Waals surface area contributed by atoms with Gasteiger partial charge in [-0.25, -0.2) is 0 Å². The van der Waals surface area contributed by atoms with Crippen molar-refractivity contribution >= 4 is 5.91 Å². The van der Waals surface area contributed by atoms with Crippen LogP contribution in [0.5, 0.6) is 5.75 Å². The Morgan fingerprint density at radius 2 is 2.05 bits per heavy atom. The molecule has 1 aromatic rings. The van der Waals surface area contributed by atoms with Crippen LogP contribution in [0, 0.1) is 17.8 Å². The highest BCUT2D eigenvalue weighted by Gasteiger charge is 2.42. The number of para-hydroxylation sites is 1. The zero-order valence-electron chi connectivity index (χ0n) is 13.6. The Morgan fingerprint density at radius 3 is 2.64 bits per heavy atom. The van der Waals surface area contributed by atoms with Crippen molar-refractivity contribution in [2.75, 3.05) is 0 Å². The maximum atomic E-state index is 12.5. The summed E-state index contributed by atoms with van der Waals surface area (Å²) in [5, 5.41) is 3.21. The van der Waals surface area contributed by atoms with E-state index in [9.17, 15) is 4.79 Å². The van der Waals surface area contributed by atoms with Gasteiger partial charge in [-0.2, -0.15) is 0 Å². The molecule has 2 aliphatic carbocycles. The first-order valence-corrected chi connectivity index (χ1v) is 8.69. The fraction of sp³-hybridized carbons (Fsp3) is 0.632. The van der Waals surface area contributed by atoms with Crippen LogP contribution in [0.4, 0.5) is 0 Å². The van der Waals surface area contributed by atoms with Gasteiger partial charge in [0.15, 0.2) is 6.10 Å². The molecule has 0 radical (unpaired) electrons. The van der Waals surface area contributed by atoms with E-state index in [1.165, 1.54) is 25.7 Å². The first kappa shape index (κ1) is 15.4. The van der Waals surface area contributed by atoms with E-state index in [4.69, 9.17) is 4.74 Å². The summed E-state index contributed by atoms with van der Waals surface area (Å²) in [6.07, 6.45) is 5.71. The number of ether oxygens (including phenoxy) is 1. The van der Waals surface area contributed by atoms with E-state index in [2.05, 4.69) is 12.2 Å². The molecule has 1 aromatic carbocycles. The molecule has 0 unspecified atom stereocenters. The Balaban J connectivity index is 1.55. The maximum absolute atomic E-state index is 12.5. The standard InChI is InChI=1S/C19H27NO2/c1-3-18(22-16-7-5-4-6-8-16)19(21)20-13(2)17-12-14-9-10-15(17)11-14/h4-8,13-15,17-18H,3,9-12H2,1-2H3,(H,20,21)/t13-,14-,15-,17+,18-/m1/s1. The van der Waals surface area contributed by atoms with Crippen LogP contribution in [-0.2, 0) is 4.79 Å². The van der Waals surface area contributed by atoms with Gasteiger partial charge >= 0.3 is 0 Å². The van der Waals surface area contributed by atoms with E-state index in [0.29, 0.717) is 12.3 Å². The molecule has 0 aliphatic heterocycles.